The van der Waals surface area contributed by atoms with Gasteiger partial charge in [0.25, 0.3) is 0 Å². The first-order valence-electron chi connectivity index (χ1n) is 7.47. The van der Waals surface area contributed by atoms with E-state index in [1.807, 2.05) is 0 Å². The van der Waals surface area contributed by atoms with Gasteiger partial charge in [-0.25, -0.2) is 0 Å². The summed E-state index contributed by atoms with van der Waals surface area (Å²) in [5, 5.41) is 3.58. The van der Waals surface area contributed by atoms with Crippen molar-refractivity contribution in [2.75, 3.05) is 7.05 Å². The molecule has 0 amide bonds. The lowest BCUT2D eigenvalue weighted by Gasteiger charge is -2.40. The van der Waals surface area contributed by atoms with E-state index in [2.05, 4.69) is 63.5 Å². The quantitative estimate of drug-likeness (QED) is 0.712. The summed E-state index contributed by atoms with van der Waals surface area (Å²) in [6, 6.07) is 11.6. The maximum Gasteiger partial charge on any atom is 0.0161 e. The Morgan fingerprint density at radius 2 is 1.67 bits per heavy atom. The summed E-state index contributed by atoms with van der Waals surface area (Å²) in [6.07, 6.45) is 6.24. The standard InChI is InChI=1S/C17H29N/c1-5-8-14-16(18-4)17(6-2,7-3)15-12-10-9-11-13-15/h9-13,16,18H,5-8,14H2,1-4H3. The zero-order valence-corrected chi connectivity index (χ0v) is 12.5. The molecule has 1 aromatic rings. The average Bonchev–Trinajstić information content (AvgIpc) is 2.45. The number of hydrogen-bond acceptors (Lipinski definition) is 1. The van der Waals surface area contributed by atoms with Gasteiger partial charge in [-0.15, -0.1) is 0 Å². The number of unbranched alkanes of at least 4 members (excludes halogenated alkanes) is 1. The molecule has 0 aliphatic rings. The van der Waals surface area contributed by atoms with E-state index in [-0.39, 0.29) is 5.41 Å². The Balaban J connectivity index is 3.04. The summed E-state index contributed by atoms with van der Waals surface area (Å²) >= 11 is 0. The molecule has 0 aliphatic carbocycles. The van der Waals surface area contributed by atoms with E-state index in [4.69, 9.17) is 0 Å². The van der Waals surface area contributed by atoms with Gasteiger partial charge in [0.1, 0.15) is 0 Å². The third-order valence-electron chi connectivity index (χ3n) is 4.47. The third-order valence-corrected chi connectivity index (χ3v) is 4.47. The average molecular weight is 247 g/mol. The zero-order chi connectivity index (χ0) is 13.4. The highest BCUT2D eigenvalue weighted by Gasteiger charge is 2.35. The lowest BCUT2D eigenvalue weighted by atomic mass is 9.69. The van der Waals surface area contributed by atoms with Crippen LogP contribution in [0.1, 0.15) is 58.4 Å². The first-order chi connectivity index (χ1) is 8.75. The molecule has 1 N–H and O–H groups in total. The highest BCUT2D eigenvalue weighted by atomic mass is 14.9. The lowest BCUT2D eigenvalue weighted by Crippen LogP contribution is -2.46. The Morgan fingerprint density at radius 1 is 1.06 bits per heavy atom. The van der Waals surface area contributed by atoms with E-state index >= 15 is 0 Å². The van der Waals surface area contributed by atoms with Crippen LogP contribution < -0.4 is 5.32 Å². The predicted molar refractivity (Wildman–Crippen MR) is 81.1 cm³/mol. The van der Waals surface area contributed by atoms with Gasteiger partial charge in [0, 0.05) is 11.5 Å². The maximum absolute atomic E-state index is 3.58. The van der Waals surface area contributed by atoms with E-state index in [9.17, 15) is 0 Å². The van der Waals surface area contributed by atoms with Gasteiger partial charge < -0.3 is 5.32 Å². The number of nitrogens with one attached hydrogen (secondary N) is 1. The largest absolute Gasteiger partial charge is 0.316 e. The summed E-state index contributed by atoms with van der Waals surface area (Å²) < 4.78 is 0. The van der Waals surface area contributed by atoms with E-state index in [1.54, 1.807) is 0 Å². The molecule has 1 nitrogen and oxygen atoms in total. The van der Waals surface area contributed by atoms with Crippen LogP contribution in [0, 0.1) is 0 Å². The summed E-state index contributed by atoms with van der Waals surface area (Å²) in [7, 11) is 2.11. The van der Waals surface area contributed by atoms with Crippen molar-refractivity contribution in [2.24, 2.45) is 0 Å². The van der Waals surface area contributed by atoms with Crippen LogP contribution in [0.25, 0.3) is 0 Å². The number of rotatable bonds is 8. The molecule has 1 rings (SSSR count). The number of likely N-dealkylation sites (N-methyl/N-ethyl adjacent to an activating group) is 1. The van der Waals surface area contributed by atoms with E-state index in [1.165, 1.54) is 37.7 Å². The highest BCUT2D eigenvalue weighted by molar-refractivity contribution is 5.27. The van der Waals surface area contributed by atoms with Gasteiger partial charge in [0.2, 0.25) is 0 Å². The number of hydrogen-bond donors (Lipinski definition) is 1. The van der Waals surface area contributed by atoms with Gasteiger partial charge in [0.15, 0.2) is 0 Å². The molecule has 1 aromatic carbocycles. The molecule has 1 heteroatoms. The molecule has 0 saturated carbocycles. The second kappa shape index (κ2) is 7.58. The van der Waals surface area contributed by atoms with Crippen LogP contribution in [0.5, 0.6) is 0 Å². The summed E-state index contributed by atoms with van der Waals surface area (Å²) in [5.74, 6) is 0. The summed E-state index contributed by atoms with van der Waals surface area (Å²) in [5.41, 5.74) is 1.77. The Bertz CT molecular complexity index is 314. The topological polar surface area (TPSA) is 12.0 Å². The molecule has 1 atom stereocenters. The van der Waals surface area contributed by atoms with Crippen LogP contribution in [-0.4, -0.2) is 13.1 Å². The van der Waals surface area contributed by atoms with Crippen molar-refractivity contribution < 1.29 is 0 Å². The van der Waals surface area contributed by atoms with Crippen LogP contribution in [0.2, 0.25) is 0 Å². The Kier molecular flexibility index (Phi) is 6.42. The normalized spacial score (nSPS) is 13.6. The minimum atomic E-state index is 0.283. The van der Waals surface area contributed by atoms with Gasteiger partial charge in [0.05, 0.1) is 0 Å². The van der Waals surface area contributed by atoms with Crippen LogP contribution in [0.15, 0.2) is 30.3 Å². The smallest absolute Gasteiger partial charge is 0.0161 e. The Morgan fingerprint density at radius 3 is 2.11 bits per heavy atom. The number of benzene rings is 1. The molecule has 0 bridgehead atoms. The second-order valence-electron chi connectivity index (χ2n) is 5.21. The van der Waals surface area contributed by atoms with Crippen molar-refractivity contribution >= 4 is 0 Å². The SMILES string of the molecule is CCCCC(NC)C(CC)(CC)c1ccccc1. The Labute approximate surface area is 113 Å². The van der Waals surface area contributed by atoms with E-state index < -0.39 is 0 Å². The van der Waals surface area contributed by atoms with E-state index in [0.717, 1.165) is 0 Å². The summed E-state index contributed by atoms with van der Waals surface area (Å²) in [4.78, 5) is 0. The van der Waals surface area contributed by atoms with Crippen LogP contribution in [-0.2, 0) is 5.41 Å². The summed E-state index contributed by atoms with van der Waals surface area (Å²) in [6.45, 7) is 6.92. The van der Waals surface area contributed by atoms with Crippen molar-refractivity contribution in [3.63, 3.8) is 0 Å². The van der Waals surface area contributed by atoms with Gasteiger partial charge in [-0.3, -0.25) is 0 Å². The molecule has 0 saturated heterocycles. The minimum Gasteiger partial charge on any atom is -0.316 e. The molecule has 0 spiro atoms. The molecule has 0 aliphatic heterocycles. The highest BCUT2D eigenvalue weighted by Crippen LogP contribution is 2.37. The van der Waals surface area contributed by atoms with Crippen LogP contribution >= 0.6 is 0 Å². The van der Waals surface area contributed by atoms with Crippen LogP contribution in [0.3, 0.4) is 0 Å². The lowest BCUT2D eigenvalue weighted by molar-refractivity contribution is 0.265. The first-order valence-corrected chi connectivity index (χ1v) is 7.47. The fraction of sp³-hybridized carbons (Fsp3) is 0.647. The predicted octanol–water partition coefficient (Wildman–Crippen LogP) is 4.52. The van der Waals surface area contributed by atoms with Gasteiger partial charge in [-0.2, -0.15) is 0 Å². The second-order valence-corrected chi connectivity index (χ2v) is 5.21. The third kappa shape index (κ3) is 3.14. The first kappa shape index (κ1) is 15.2. The van der Waals surface area contributed by atoms with Crippen molar-refractivity contribution in [1.82, 2.24) is 5.32 Å². The fourth-order valence-corrected chi connectivity index (χ4v) is 3.23. The van der Waals surface area contributed by atoms with Crippen molar-refractivity contribution in [2.45, 2.75) is 64.3 Å². The molecule has 18 heavy (non-hydrogen) atoms. The fourth-order valence-electron chi connectivity index (χ4n) is 3.23. The molecular weight excluding hydrogens is 218 g/mol. The Hall–Kier alpha value is -0.820. The zero-order valence-electron chi connectivity index (χ0n) is 12.5. The van der Waals surface area contributed by atoms with Crippen molar-refractivity contribution in [1.29, 1.82) is 0 Å². The molecular formula is C17H29N. The molecule has 102 valence electrons. The molecule has 0 aromatic heterocycles. The van der Waals surface area contributed by atoms with Gasteiger partial charge >= 0.3 is 0 Å². The molecule has 0 fully saturated rings. The molecule has 1 unspecified atom stereocenters. The van der Waals surface area contributed by atoms with Gasteiger partial charge in [-0.05, 0) is 31.9 Å². The van der Waals surface area contributed by atoms with E-state index in [0.29, 0.717) is 6.04 Å². The van der Waals surface area contributed by atoms with Crippen molar-refractivity contribution in [3.8, 4) is 0 Å². The van der Waals surface area contributed by atoms with Crippen LogP contribution in [0.4, 0.5) is 0 Å². The maximum atomic E-state index is 3.58. The van der Waals surface area contributed by atoms with Gasteiger partial charge in [-0.1, -0.05) is 63.9 Å². The monoisotopic (exact) mass is 247 g/mol. The minimum absolute atomic E-state index is 0.283. The molecule has 0 radical (unpaired) electrons. The molecule has 0 heterocycles. The van der Waals surface area contributed by atoms with Crippen molar-refractivity contribution in [3.05, 3.63) is 35.9 Å².